The van der Waals surface area contributed by atoms with Crippen molar-refractivity contribution in [3.8, 4) is 5.75 Å². The maximum Gasteiger partial charge on any atom is 0.339 e. The Kier molecular flexibility index (Phi) is 3.60. The van der Waals surface area contributed by atoms with Crippen LogP contribution in [0.2, 0.25) is 0 Å². The zero-order chi connectivity index (χ0) is 11.4. The second kappa shape index (κ2) is 4.72. The van der Waals surface area contributed by atoms with Gasteiger partial charge in [-0.3, -0.25) is 0 Å². The number of ether oxygens (including phenoxy) is 1. The summed E-state index contributed by atoms with van der Waals surface area (Å²) in [7, 11) is 0. The molecule has 82 valence electrons. The number of carboxylic acid groups (broad SMARTS) is 1. The molecule has 1 aromatic rings. The highest BCUT2D eigenvalue weighted by atomic mass is 19.3. The third-order valence-corrected chi connectivity index (χ3v) is 1.81. The molecule has 0 spiro atoms. The molecule has 0 aliphatic heterocycles. The van der Waals surface area contributed by atoms with E-state index in [0.29, 0.717) is 5.56 Å². The van der Waals surface area contributed by atoms with Crippen molar-refractivity contribution in [2.75, 3.05) is 6.61 Å². The minimum atomic E-state index is -2.62. The van der Waals surface area contributed by atoms with Crippen molar-refractivity contribution in [2.45, 2.75) is 13.3 Å². The zero-order valence-electron chi connectivity index (χ0n) is 8.04. The fourth-order valence-electron chi connectivity index (χ4n) is 1.19. The van der Waals surface area contributed by atoms with Gasteiger partial charge in [-0.25, -0.2) is 13.6 Å². The maximum atomic E-state index is 11.9. The molecule has 0 amide bonds. The molecule has 0 radical (unpaired) electrons. The van der Waals surface area contributed by atoms with Crippen LogP contribution in [0.4, 0.5) is 8.78 Å². The number of hydrogen-bond donors (Lipinski definition) is 1. The van der Waals surface area contributed by atoms with Crippen LogP contribution >= 0.6 is 0 Å². The molecule has 15 heavy (non-hydrogen) atoms. The SMILES string of the molecule is Cc1cccc(OCC(F)F)c1C(=O)O. The van der Waals surface area contributed by atoms with Gasteiger partial charge in [0, 0.05) is 0 Å². The molecule has 0 heterocycles. The quantitative estimate of drug-likeness (QED) is 0.840. The average Bonchev–Trinajstić information content (AvgIpc) is 2.13. The van der Waals surface area contributed by atoms with Crippen molar-refractivity contribution >= 4 is 5.97 Å². The van der Waals surface area contributed by atoms with Gasteiger partial charge in [-0.15, -0.1) is 0 Å². The highest BCUT2D eigenvalue weighted by molar-refractivity contribution is 5.92. The molecule has 0 atom stereocenters. The van der Waals surface area contributed by atoms with Gasteiger partial charge >= 0.3 is 5.97 Å². The molecule has 5 heteroatoms. The molecular formula is C10H10F2O3. The van der Waals surface area contributed by atoms with Crippen LogP contribution in [0.25, 0.3) is 0 Å². The molecule has 0 fully saturated rings. The lowest BCUT2D eigenvalue weighted by Crippen LogP contribution is -2.11. The molecular weight excluding hydrogens is 206 g/mol. The van der Waals surface area contributed by atoms with Crippen LogP contribution < -0.4 is 4.74 Å². The van der Waals surface area contributed by atoms with Gasteiger partial charge in [0.1, 0.15) is 17.9 Å². The van der Waals surface area contributed by atoms with Gasteiger partial charge in [0.25, 0.3) is 6.43 Å². The molecule has 0 aliphatic rings. The van der Waals surface area contributed by atoms with Crippen molar-refractivity contribution in [3.05, 3.63) is 29.3 Å². The number of alkyl halides is 2. The molecule has 1 aromatic carbocycles. The van der Waals surface area contributed by atoms with Crippen LogP contribution in [0.15, 0.2) is 18.2 Å². The summed E-state index contributed by atoms with van der Waals surface area (Å²) >= 11 is 0. The Bertz CT molecular complexity index is 364. The van der Waals surface area contributed by atoms with Gasteiger partial charge in [0.15, 0.2) is 0 Å². The number of aryl methyl sites for hydroxylation is 1. The monoisotopic (exact) mass is 216 g/mol. The van der Waals surface area contributed by atoms with Gasteiger partial charge < -0.3 is 9.84 Å². The van der Waals surface area contributed by atoms with E-state index in [4.69, 9.17) is 9.84 Å². The summed E-state index contributed by atoms with van der Waals surface area (Å²) in [6, 6.07) is 4.50. The Labute approximate surface area is 85.3 Å². The third kappa shape index (κ3) is 2.90. The Morgan fingerprint density at radius 3 is 2.73 bits per heavy atom. The molecule has 1 rings (SSSR count). The number of rotatable bonds is 4. The topological polar surface area (TPSA) is 46.5 Å². The average molecular weight is 216 g/mol. The first-order valence-electron chi connectivity index (χ1n) is 4.26. The number of carbonyl (C=O) groups is 1. The number of halogens is 2. The first-order valence-corrected chi connectivity index (χ1v) is 4.26. The van der Waals surface area contributed by atoms with Crippen LogP contribution in [-0.4, -0.2) is 24.1 Å². The van der Waals surface area contributed by atoms with Crippen molar-refractivity contribution in [1.82, 2.24) is 0 Å². The first kappa shape index (κ1) is 11.4. The smallest absolute Gasteiger partial charge is 0.339 e. The summed E-state index contributed by atoms with van der Waals surface area (Å²) in [5.41, 5.74) is 0.410. The highest BCUT2D eigenvalue weighted by Crippen LogP contribution is 2.22. The predicted molar refractivity (Wildman–Crippen MR) is 49.6 cm³/mol. The lowest BCUT2D eigenvalue weighted by atomic mass is 10.1. The number of aromatic carboxylic acids is 1. The first-order chi connectivity index (χ1) is 7.02. The van der Waals surface area contributed by atoms with E-state index < -0.39 is 19.0 Å². The third-order valence-electron chi connectivity index (χ3n) is 1.81. The zero-order valence-corrected chi connectivity index (χ0v) is 8.04. The fraction of sp³-hybridized carbons (Fsp3) is 0.300. The van der Waals surface area contributed by atoms with Gasteiger partial charge in [0.05, 0.1) is 0 Å². The summed E-state index contributed by atoms with van der Waals surface area (Å²) in [5, 5.41) is 8.84. The predicted octanol–water partition coefficient (Wildman–Crippen LogP) is 2.34. The molecule has 0 saturated heterocycles. The molecule has 0 aromatic heterocycles. The lowest BCUT2D eigenvalue weighted by Gasteiger charge is -2.10. The molecule has 1 N–H and O–H groups in total. The minimum absolute atomic E-state index is 0.0252. The van der Waals surface area contributed by atoms with E-state index in [1.807, 2.05) is 0 Å². The Hall–Kier alpha value is -1.65. The van der Waals surface area contributed by atoms with E-state index >= 15 is 0 Å². The van der Waals surface area contributed by atoms with Crippen molar-refractivity contribution in [1.29, 1.82) is 0 Å². The van der Waals surface area contributed by atoms with Gasteiger partial charge in [0.2, 0.25) is 0 Å². The van der Waals surface area contributed by atoms with Crippen LogP contribution in [-0.2, 0) is 0 Å². The number of hydrogen-bond acceptors (Lipinski definition) is 2. The second-order valence-corrected chi connectivity index (χ2v) is 2.96. The summed E-state index contributed by atoms with van der Waals surface area (Å²) in [6.45, 7) is 0.780. The van der Waals surface area contributed by atoms with Gasteiger partial charge in [-0.1, -0.05) is 12.1 Å². The molecule has 3 nitrogen and oxygen atoms in total. The summed E-state index contributed by atoms with van der Waals surface area (Å²) in [5.74, 6) is -1.21. The molecule has 0 bridgehead atoms. The van der Waals surface area contributed by atoms with E-state index in [2.05, 4.69) is 0 Å². The minimum Gasteiger partial charge on any atom is -0.487 e. The fourth-order valence-corrected chi connectivity index (χ4v) is 1.19. The standard InChI is InChI=1S/C10H10F2O3/c1-6-3-2-4-7(9(6)10(13)14)15-5-8(11)12/h2-4,8H,5H2,1H3,(H,13,14). The summed E-state index contributed by atoms with van der Waals surface area (Å²) in [6.07, 6.45) is -2.62. The van der Waals surface area contributed by atoms with Gasteiger partial charge in [-0.05, 0) is 18.6 Å². The van der Waals surface area contributed by atoms with Crippen LogP contribution in [0.3, 0.4) is 0 Å². The maximum absolute atomic E-state index is 11.9. The van der Waals surface area contributed by atoms with Crippen LogP contribution in [0, 0.1) is 6.92 Å². The van der Waals surface area contributed by atoms with E-state index in [1.54, 1.807) is 19.1 Å². The van der Waals surface area contributed by atoms with Crippen LogP contribution in [0.1, 0.15) is 15.9 Å². The largest absolute Gasteiger partial charge is 0.487 e. The van der Waals surface area contributed by atoms with E-state index in [1.165, 1.54) is 6.07 Å². The molecule has 0 saturated carbocycles. The van der Waals surface area contributed by atoms with Crippen molar-refractivity contribution in [3.63, 3.8) is 0 Å². The van der Waals surface area contributed by atoms with E-state index in [0.717, 1.165) is 0 Å². The summed E-state index contributed by atoms with van der Waals surface area (Å²) in [4.78, 5) is 10.8. The van der Waals surface area contributed by atoms with Crippen LogP contribution in [0.5, 0.6) is 5.75 Å². The van der Waals surface area contributed by atoms with Gasteiger partial charge in [-0.2, -0.15) is 0 Å². The highest BCUT2D eigenvalue weighted by Gasteiger charge is 2.15. The van der Waals surface area contributed by atoms with E-state index in [-0.39, 0.29) is 11.3 Å². The summed E-state index contributed by atoms with van der Waals surface area (Å²) < 4.78 is 28.5. The van der Waals surface area contributed by atoms with Crippen molar-refractivity contribution < 1.29 is 23.4 Å². The molecule has 0 aliphatic carbocycles. The number of benzene rings is 1. The Morgan fingerprint density at radius 2 is 2.20 bits per heavy atom. The van der Waals surface area contributed by atoms with Crippen molar-refractivity contribution in [2.24, 2.45) is 0 Å². The Morgan fingerprint density at radius 1 is 1.53 bits per heavy atom. The molecule has 0 unspecified atom stereocenters. The Balaban J connectivity index is 2.96. The number of carboxylic acids is 1. The second-order valence-electron chi connectivity index (χ2n) is 2.96. The lowest BCUT2D eigenvalue weighted by molar-refractivity contribution is 0.0663. The van der Waals surface area contributed by atoms with E-state index in [9.17, 15) is 13.6 Å². The normalized spacial score (nSPS) is 10.4.